The summed E-state index contributed by atoms with van der Waals surface area (Å²) in [4.78, 5) is 0. The smallest absolute Gasteiger partial charge is 0.0991 e. The maximum absolute atomic E-state index is 8.73. The third-order valence-corrected chi connectivity index (χ3v) is 2.32. The van der Waals surface area contributed by atoms with Gasteiger partial charge in [0, 0.05) is 6.20 Å². The maximum atomic E-state index is 8.73. The number of benzene rings is 1. The lowest BCUT2D eigenvalue weighted by Crippen LogP contribution is -1.97. The average molecular weight is 218 g/mol. The number of hydrogen-bond acceptors (Lipinski definition) is 2. The van der Waals surface area contributed by atoms with Crippen molar-refractivity contribution in [2.24, 2.45) is 0 Å². The SMILES string of the molecule is Cc1cc(C#N)ccc1-n1cc(Cl)cn1. The summed E-state index contributed by atoms with van der Waals surface area (Å²) < 4.78 is 1.69. The van der Waals surface area contributed by atoms with E-state index >= 15 is 0 Å². The predicted molar refractivity (Wildman–Crippen MR) is 58.0 cm³/mol. The van der Waals surface area contributed by atoms with Gasteiger partial charge >= 0.3 is 0 Å². The first-order chi connectivity index (χ1) is 7.20. The van der Waals surface area contributed by atoms with E-state index in [1.807, 2.05) is 19.1 Å². The van der Waals surface area contributed by atoms with Gasteiger partial charge in [-0.1, -0.05) is 11.6 Å². The fraction of sp³-hybridized carbons (Fsp3) is 0.0909. The van der Waals surface area contributed by atoms with Crippen molar-refractivity contribution < 1.29 is 0 Å². The van der Waals surface area contributed by atoms with Crippen molar-refractivity contribution in [3.05, 3.63) is 46.7 Å². The zero-order chi connectivity index (χ0) is 10.8. The van der Waals surface area contributed by atoms with Gasteiger partial charge in [0.05, 0.1) is 28.5 Å². The minimum atomic E-state index is 0.596. The lowest BCUT2D eigenvalue weighted by atomic mass is 10.1. The second-order valence-electron chi connectivity index (χ2n) is 3.22. The van der Waals surface area contributed by atoms with Crippen molar-refractivity contribution in [3.63, 3.8) is 0 Å². The lowest BCUT2D eigenvalue weighted by molar-refractivity contribution is 0.872. The molecule has 0 fully saturated rings. The summed E-state index contributed by atoms with van der Waals surface area (Å²) in [5, 5.41) is 13.4. The van der Waals surface area contributed by atoms with Crippen molar-refractivity contribution in [1.82, 2.24) is 9.78 Å². The topological polar surface area (TPSA) is 41.6 Å². The Bertz CT molecular complexity index is 537. The molecule has 0 bridgehead atoms. The molecule has 0 amide bonds. The van der Waals surface area contributed by atoms with Gasteiger partial charge < -0.3 is 0 Å². The van der Waals surface area contributed by atoms with Gasteiger partial charge in [0.2, 0.25) is 0 Å². The van der Waals surface area contributed by atoms with Gasteiger partial charge in [0.25, 0.3) is 0 Å². The van der Waals surface area contributed by atoms with Crippen LogP contribution in [0.15, 0.2) is 30.6 Å². The maximum Gasteiger partial charge on any atom is 0.0991 e. The predicted octanol–water partition coefficient (Wildman–Crippen LogP) is 2.71. The van der Waals surface area contributed by atoms with E-state index in [1.165, 1.54) is 0 Å². The molecule has 2 rings (SSSR count). The van der Waals surface area contributed by atoms with Crippen LogP contribution in [-0.4, -0.2) is 9.78 Å². The Balaban J connectivity index is 2.51. The monoisotopic (exact) mass is 217 g/mol. The first-order valence-corrected chi connectivity index (χ1v) is 4.80. The summed E-state index contributed by atoms with van der Waals surface area (Å²) in [6.07, 6.45) is 3.31. The highest BCUT2D eigenvalue weighted by molar-refractivity contribution is 6.30. The number of rotatable bonds is 1. The standard InChI is InChI=1S/C11H8ClN3/c1-8-4-9(5-13)2-3-11(8)15-7-10(12)6-14-15/h2-4,6-7H,1H3. The number of halogens is 1. The van der Waals surface area contributed by atoms with Crippen LogP contribution < -0.4 is 0 Å². The van der Waals surface area contributed by atoms with E-state index in [-0.39, 0.29) is 0 Å². The highest BCUT2D eigenvalue weighted by Gasteiger charge is 2.03. The molecule has 15 heavy (non-hydrogen) atoms. The Morgan fingerprint density at radius 2 is 2.27 bits per heavy atom. The number of aromatic nitrogens is 2. The Hall–Kier alpha value is -1.79. The van der Waals surface area contributed by atoms with Crippen molar-refractivity contribution in [2.45, 2.75) is 6.92 Å². The molecule has 3 nitrogen and oxygen atoms in total. The molecule has 1 aromatic carbocycles. The number of aryl methyl sites for hydroxylation is 1. The van der Waals surface area contributed by atoms with Crippen LogP contribution in [0.3, 0.4) is 0 Å². The summed E-state index contributed by atoms with van der Waals surface area (Å²) >= 11 is 5.79. The fourth-order valence-corrected chi connectivity index (χ4v) is 1.55. The normalized spacial score (nSPS) is 9.93. The second-order valence-corrected chi connectivity index (χ2v) is 3.65. The molecular weight excluding hydrogens is 210 g/mol. The number of nitrogens with zero attached hydrogens (tertiary/aromatic N) is 3. The Labute approximate surface area is 92.5 Å². The van der Waals surface area contributed by atoms with Crippen molar-refractivity contribution in [3.8, 4) is 11.8 Å². The van der Waals surface area contributed by atoms with E-state index in [0.29, 0.717) is 10.6 Å². The molecule has 2 aromatic rings. The molecule has 0 spiro atoms. The molecule has 0 unspecified atom stereocenters. The molecule has 1 aromatic heterocycles. The van der Waals surface area contributed by atoms with E-state index in [9.17, 15) is 0 Å². The molecule has 0 radical (unpaired) electrons. The summed E-state index contributed by atoms with van der Waals surface area (Å²) in [5.74, 6) is 0. The van der Waals surface area contributed by atoms with Crippen LogP contribution in [-0.2, 0) is 0 Å². The van der Waals surface area contributed by atoms with Crippen LogP contribution in [0.5, 0.6) is 0 Å². The highest BCUT2D eigenvalue weighted by atomic mass is 35.5. The zero-order valence-corrected chi connectivity index (χ0v) is 8.86. The molecule has 0 aliphatic carbocycles. The highest BCUT2D eigenvalue weighted by Crippen LogP contribution is 2.16. The van der Waals surface area contributed by atoms with Gasteiger partial charge in [-0.15, -0.1) is 0 Å². The molecule has 0 N–H and O–H groups in total. The lowest BCUT2D eigenvalue weighted by Gasteiger charge is -2.05. The fourth-order valence-electron chi connectivity index (χ4n) is 1.41. The van der Waals surface area contributed by atoms with Gasteiger partial charge in [0.15, 0.2) is 0 Å². The van der Waals surface area contributed by atoms with Gasteiger partial charge in [-0.05, 0) is 30.7 Å². The average Bonchev–Trinajstić information content (AvgIpc) is 2.64. The van der Waals surface area contributed by atoms with Crippen LogP contribution in [0.4, 0.5) is 0 Å². The first-order valence-electron chi connectivity index (χ1n) is 4.42. The van der Waals surface area contributed by atoms with E-state index < -0.39 is 0 Å². The summed E-state index contributed by atoms with van der Waals surface area (Å²) in [6, 6.07) is 7.54. The van der Waals surface area contributed by atoms with Gasteiger partial charge in [-0.2, -0.15) is 10.4 Å². The van der Waals surface area contributed by atoms with E-state index in [4.69, 9.17) is 16.9 Å². The van der Waals surface area contributed by atoms with Crippen LogP contribution in [0.2, 0.25) is 5.02 Å². The molecule has 0 saturated carbocycles. The molecule has 74 valence electrons. The number of nitriles is 1. The molecular formula is C11H8ClN3. The van der Waals surface area contributed by atoms with Crippen LogP contribution in [0.25, 0.3) is 5.69 Å². The molecule has 0 aliphatic rings. The summed E-state index contributed by atoms with van der Waals surface area (Å²) in [7, 11) is 0. The molecule has 0 saturated heterocycles. The first kappa shape index (κ1) is 9.75. The molecule has 4 heteroatoms. The van der Waals surface area contributed by atoms with E-state index in [1.54, 1.807) is 23.1 Å². The molecule has 1 heterocycles. The van der Waals surface area contributed by atoms with Gasteiger partial charge in [-0.3, -0.25) is 0 Å². The molecule has 0 aliphatic heterocycles. The Morgan fingerprint density at radius 3 is 2.80 bits per heavy atom. The Morgan fingerprint density at radius 1 is 1.47 bits per heavy atom. The zero-order valence-electron chi connectivity index (χ0n) is 8.11. The second kappa shape index (κ2) is 3.76. The third kappa shape index (κ3) is 1.85. The molecule has 0 atom stereocenters. The minimum Gasteiger partial charge on any atom is -0.239 e. The summed E-state index contributed by atoms with van der Waals surface area (Å²) in [5.41, 5.74) is 2.57. The summed E-state index contributed by atoms with van der Waals surface area (Å²) in [6.45, 7) is 1.94. The quantitative estimate of drug-likeness (QED) is 0.737. The van der Waals surface area contributed by atoms with Crippen LogP contribution >= 0.6 is 11.6 Å². The van der Waals surface area contributed by atoms with Gasteiger partial charge in [0.1, 0.15) is 0 Å². The van der Waals surface area contributed by atoms with Gasteiger partial charge in [-0.25, -0.2) is 4.68 Å². The van der Waals surface area contributed by atoms with E-state index in [0.717, 1.165) is 11.3 Å². The van der Waals surface area contributed by atoms with E-state index in [2.05, 4.69) is 11.2 Å². The third-order valence-electron chi connectivity index (χ3n) is 2.12. The minimum absolute atomic E-state index is 0.596. The number of hydrogen-bond donors (Lipinski definition) is 0. The Kier molecular flexibility index (Phi) is 2.44. The van der Waals surface area contributed by atoms with Crippen molar-refractivity contribution >= 4 is 11.6 Å². The van der Waals surface area contributed by atoms with Crippen LogP contribution in [0, 0.1) is 18.3 Å². The largest absolute Gasteiger partial charge is 0.239 e. The van der Waals surface area contributed by atoms with Crippen molar-refractivity contribution in [2.75, 3.05) is 0 Å². The van der Waals surface area contributed by atoms with Crippen molar-refractivity contribution in [1.29, 1.82) is 5.26 Å². The van der Waals surface area contributed by atoms with Crippen LogP contribution in [0.1, 0.15) is 11.1 Å².